The Morgan fingerprint density at radius 1 is 1.33 bits per heavy atom. The van der Waals surface area contributed by atoms with Crippen molar-refractivity contribution in [3.05, 3.63) is 12.2 Å². The summed E-state index contributed by atoms with van der Waals surface area (Å²) in [6, 6.07) is 0.560. The molecule has 1 aromatic heterocycles. The minimum Gasteiger partial charge on any atom is -0.320 e. The Morgan fingerprint density at radius 3 is 2.90 bits per heavy atom. The van der Waals surface area contributed by atoms with Crippen molar-refractivity contribution in [2.24, 2.45) is 0 Å². The monoisotopic (exact) mass is 292 g/mol. The van der Waals surface area contributed by atoms with Gasteiger partial charge in [-0.2, -0.15) is 5.10 Å². The van der Waals surface area contributed by atoms with E-state index in [-0.39, 0.29) is 6.03 Å². The van der Waals surface area contributed by atoms with Crippen molar-refractivity contribution in [3.8, 4) is 0 Å². The van der Waals surface area contributed by atoms with Gasteiger partial charge in [0.1, 0.15) is 12.2 Å². The topological polar surface area (TPSA) is 66.3 Å². The molecule has 2 aliphatic heterocycles. The zero-order chi connectivity index (χ0) is 14.7. The van der Waals surface area contributed by atoms with Crippen molar-refractivity contribution in [1.29, 1.82) is 0 Å². The van der Waals surface area contributed by atoms with Crippen molar-refractivity contribution in [2.75, 3.05) is 26.2 Å². The molecule has 7 nitrogen and oxygen atoms in total. The first kappa shape index (κ1) is 14.3. The van der Waals surface area contributed by atoms with Gasteiger partial charge < -0.3 is 15.1 Å². The average molecular weight is 292 g/mol. The van der Waals surface area contributed by atoms with Crippen LogP contribution in [0.25, 0.3) is 0 Å². The van der Waals surface area contributed by atoms with Gasteiger partial charge in [0.25, 0.3) is 0 Å². The summed E-state index contributed by atoms with van der Waals surface area (Å²) in [5, 5.41) is 7.58. The molecule has 1 aromatic rings. The number of rotatable bonds is 5. The molecule has 0 unspecified atom stereocenters. The molecule has 0 aliphatic carbocycles. The van der Waals surface area contributed by atoms with Gasteiger partial charge in [-0.3, -0.25) is 0 Å². The second-order valence-corrected chi connectivity index (χ2v) is 5.78. The number of aryl methyl sites for hydroxylation is 1. The quantitative estimate of drug-likeness (QED) is 0.866. The summed E-state index contributed by atoms with van der Waals surface area (Å²) in [6.45, 7) is 7.20. The third-order valence-corrected chi connectivity index (χ3v) is 4.34. The van der Waals surface area contributed by atoms with Gasteiger partial charge in [-0.25, -0.2) is 14.5 Å². The van der Waals surface area contributed by atoms with Crippen LogP contribution in [-0.4, -0.2) is 62.8 Å². The number of carbonyl (C=O) groups is 1. The first-order valence-corrected chi connectivity index (χ1v) is 7.92. The summed E-state index contributed by atoms with van der Waals surface area (Å²) >= 11 is 0. The maximum atomic E-state index is 12.6. The van der Waals surface area contributed by atoms with E-state index in [4.69, 9.17) is 0 Å². The minimum atomic E-state index is 0.160. The van der Waals surface area contributed by atoms with Crippen LogP contribution in [0.3, 0.4) is 0 Å². The molecule has 0 atom stereocenters. The molecule has 0 bridgehead atoms. The number of urea groups is 1. The van der Waals surface area contributed by atoms with Crippen molar-refractivity contribution in [3.63, 3.8) is 0 Å². The van der Waals surface area contributed by atoms with E-state index in [1.807, 2.05) is 14.5 Å². The third kappa shape index (κ3) is 3.02. The lowest BCUT2D eigenvalue weighted by Gasteiger charge is -2.31. The Balaban J connectivity index is 1.62. The van der Waals surface area contributed by atoms with Gasteiger partial charge in [0.05, 0.1) is 6.54 Å². The number of amides is 2. The number of nitrogens with one attached hydrogen (secondary N) is 1. The molecule has 2 aliphatic rings. The van der Waals surface area contributed by atoms with Crippen LogP contribution in [0.5, 0.6) is 0 Å². The predicted molar refractivity (Wildman–Crippen MR) is 78.7 cm³/mol. The Kier molecular flexibility index (Phi) is 4.38. The molecule has 0 radical (unpaired) electrons. The van der Waals surface area contributed by atoms with Crippen LogP contribution in [0.1, 0.15) is 32.0 Å². The van der Waals surface area contributed by atoms with Crippen molar-refractivity contribution >= 4 is 6.03 Å². The zero-order valence-electron chi connectivity index (χ0n) is 12.7. The van der Waals surface area contributed by atoms with E-state index >= 15 is 0 Å². The van der Waals surface area contributed by atoms with E-state index in [1.165, 1.54) is 0 Å². The average Bonchev–Trinajstić information content (AvgIpc) is 3.09. The van der Waals surface area contributed by atoms with Crippen LogP contribution < -0.4 is 5.32 Å². The second kappa shape index (κ2) is 6.43. The molecule has 2 fully saturated rings. The summed E-state index contributed by atoms with van der Waals surface area (Å²) in [5.74, 6) is 0.886. The fourth-order valence-electron chi connectivity index (χ4n) is 3.19. The van der Waals surface area contributed by atoms with Crippen molar-refractivity contribution < 1.29 is 4.79 Å². The number of piperidine rings is 1. The predicted octanol–water partition coefficient (Wildman–Crippen LogP) is 0.678. The molecule has 0 spiro atoms. The maximum Gasteiger partial charge on any atom is 0.320 e. The summed E-state index contributed by atoms with van der Waals surface area (Å²) in [4.78, 5) is 20.8. The lowest BCUT2D eigenvalue weighted by molar-refractivity contribution is 0.164. The van der Waals surface area contributed by atoms with Gasteiger partial charge in [-0.15, -0.1) is 0 Å². The summed E-state index contributed by atoms with van der Waals surface area (Å²) < 4.78 is 1.90. The lowest BCUT2D eigenvalue weighted by atomic mass is 10.1. The Bertz CT molecular complexity index is 482. The zero-order valence-corrected chi connectivity index (χ0v) is 12.7. The van der Waals surface area contributed by atoms with Crippen molar-refractivity contribution in [2.45, 2.75) is 45.3 Å². The van der Waals surface area contributed by atoms with Crippen LogP contribution in [0.15, 0.2) is 6.33 Å². The van der Waals surface area contributed by atoms with Crippen LogP contribution >= 0.6 is 0 Å². The van der Waals surface area contributed by atoms with Crippen molar-refractivity contribution in [1.82, 2.24) is 29.9 Å². The highest BCUT2D eigenvalue weighted by Crippen LogP contribution is 2.20. The Morgan fingerprint density at radius 2 is 2.14 bits per heavy atom. The van der Waals surface area contributed by atoms with Crippen LogP contribution in [-0.2, 0) is 13.1 Å². The molecule has 3 rings (SSSR count). The highest BCUT2D eigenvalue weighted by Gasteiger charge is 2.34. The Labute approximate surface area is 125 Å². The van der Waals surface area contributed by atoms with Gasteiger partial charge in [0.15, 0.2) is 0 Å². The Hall–Kier alpha value is -1.63. The van der Waals surface area contributed by atoms with Gasteiger partial charge in [-0.05, 0) is 32.4 Å². The number of hydrogen-bond donors (Lipinski definition) is 1. The molecule has 1 N–H and O–H groups in total. The van der Waals surface area contributed by atoms with E-state index < -0.39 is 0 Å². The van der Waals surface area contributed by atoms with E-state index in [1.54, 1.807) is 6.33 Å². The summed E-state index contributed by atoms with van der Waals surface area (Å²) in [7, 11) is 0. The fraction of sp³-hybridized carbons (Fsp3) is 0.786. The molecular weight excluding hydrogens is 268 g/mol. The molecule has 2 saturated heterocycles. The first-order valence-electron chi connectivity index (χ1n) is 7.92. The normalized spacial score (nSPS) is 20.5. The number of hydrogen-bond acceptors (Lipinski definition) is 4. The van der Waals surface area contributed by atoms with Gasteiger partial charge >= 0.3 is 6.03 Å². The molecule has 7 heteroatoms. The molecule has 3 heterocycles. The summed E-state index contributed by atoms with van der Waals surface area (Å²) in [5.41, 5.74) is 0. The number of aromatic nitrogens is 3. The number of carbonyl (C=O) groups excluding carboxylic acids is 1. The SMILES string of the molecule is CCCn1ncnc1CN1CCN(C2CCNCC2)C1=O. The van der Waals surface area contributed by atoms with E-state index in [0.29, 0.717) is 12.6 Å². The smallest absolute Gasteiger partial charge is 0.320 e. The largest absolute Gasteiger partial charge is 0.320 e. The maximum absolute atomic E-state index is 12.6. The van der Waals surface area contributed by atoms with Crippen LogP contribution in [0.4, 0.5) is 4.79 Å². The van der Waals surface area contributed by atoms with Crippen LogP contribution in [0, 0.1) is 0 Å². The van der Waals surface area contributed by atoms with E-state index in [0.717, 1.165) is 57.8 Å². The second-order valence-electron chi connectivity index (χ2n) is 5.78. The van der Waals surface area contributed by atoms with Crippen LogP contribution in [0.2, 0.25) is 0 Å². The fourth-order valence-corrected chi connectivity index (χ4v) is 3.19. The van der Waals surface area contributed by atoms with Gasteiger partial charge in [0.2, 0.25) is 0 Å². The third-order valence-electron chi connectivity index (χ3n) is 4.34. The highest BCUT2D eigenvalue weighted by molar-refractivity contribution is 5.76. The molecule has 21 heavy (non-hydrogen) atoms. The standard InChI is InChI=1S/C14H24N6O/c1-2-7-20-13(16-11-17-20)10-18-8-9-19(14(18)21)12-3-5-15-6-4-12/h11-12,15H,2-10H2,1H3. The molecule has 0 saturated carbocycles. The lowest BCUT2D eigenvalue weighted by Crippen LogP contribution is -2.45. The van der Waals surface area contributed by atoms with E-state index in [2.05, 4.69) is 22.3 Å². The van der Waals surface area contributed by atoms with E-state index in [9.17, 15) is 4.79 Å². The summed E-state index contributed by atoms with van der Waals surface area (Å²) in [6.07, 6.45) is 4.72. The molecular formula is C14H24N6O. The molecule has 2 amide bonds. The minimum absolute atomic E-state index is 0.160. The first-order chi connectivity index (χ1) is 10.3. The van der Waals surface area contributed by atoms with Gasteiger partial charge in [-0.1, -0.05) is 6.92 Å². The van der Waals surface area contributed by atoms with Gasteiger partial charge in [0, 0.05) is 25.7 Å². The molecule has 0 aromatic carbocycles. The highest BCUT2D eigenvalue weighted by atomic mass is 16.2. The molecule has 116 valence electrons. The number of nitrogens with zero attached hydrogens (tertiary/aromatic N) is 5.